The predicted molar refractivity (Wildman–Crippen MR) is 119 cm³/mol. The van der Waals surface area contributed by atoms with Crippen LogP contribution >= 0.6 is 0 Å². The molecule has 0 heterocycles. The summed E-state index contributed by atoms with van der Waals surface area (Å²) in [6.45, 7) is 1.41. The first kappa shape index (κ1) is 23.4. The van der Waals surface area contributed by atoms with Crippen molar-refractivity contribution in [3.05, 3.63) is 96.1 Å². The highest BCUT2D eigenvalue weighted by Gasteiger charge is 2.50. The van der Waals surface area contributed by atoms with E-state index in [1.54, 1.807) is 48.5 Å². The van der Waals surface area contributed by atoms with Gasteiger partial charge in [-0.3, -0.25) is 4.79 Å². The molecule has 0 aliphatic rings. The van der Waals surface area contributed by atoms with E-state index in [-0.39, 0.29) is 18.8 Å². The third kappa shape index (κ3) is 5.69. The van der Waals surface area contributed by atoms with Crippen LogP contribution in [0, 0.1) is 0 Å². The number of hydrogen-bond acceptors (Lipinski definition) is 4. The van der Waals surface area contributed by atoms with Crippen molar-refractivity contribution in [2.24, 2.45) is 5.73 Å². The topological polar surface area (TPSA) is 75.8 Å². The van der Waals surface area contributed by atoms with E-state index in [1.807, 2.05) is 30.3 Å². The Kier molecular flexibility index (Phi) is 7.56. The molecule has 2 unspecified atom stereocenters. The van der Waals surface area contributed by atoms with Crippen LogP contribution in [-0.4, -0.2) is 29.1 Å². The molecular weight excluding hydrogens is 414 g/mol. The second kappa shape index (κ2) is 10.3. The first-order valence-electron chi connectivity index (χ1n) is 10.2. The fourth-order valence-corrected chi connectivity index (χ4v) is 3.17. The molecule has 0 aliphatic carbocycles. The minimum Gasteiger partial charge on any atom is -0.489 e. The first-order valence-corrected chi connectivity index (χ1v) is 10.2. The molecule has 0 radical (unpaired) electrons. The van der Waals surface area contributed by atoms with Gasteiger partial charge in [0, 0.05) is 17.8 Å². The van der Waals surface area contributed by atoms with Gasteiger partial charge >= 0.3 is 11.8 Å². The molecule has 0 saturated heterocycles. The van der Waals surface area contributed by atoms with Gasteiger partial charge in [0.1, 0.15) is 18.5 Å². The molecule has 0 fully saturated rings. The van der Waals surface area contributed by atoms with Crippen molar-refractivity contribution in [2.45, 2.75) is 38.1 Å². The number of aliphatic hydroxyl groups excluding tert-OH is 1. The lowest BCUT2D eigenvalue weighted by Gasteiger charge is -2.31. The van der Waals surface area contributed by atoms with E-state index in [0.29, 0.717) is 11.3 Å². The second-order valence-corrected chi connectivity index (χ2v) is 7.58. The lowest BCUT2D eigenvalue weighted by Crippen LogP contribution is -2.55. The van der Waals surface area contributed by atoms with Crippen LogP contribution in [0.15, 0.2) is 84.9 Å². The van der Waals surface area contributed by atoms with Crippen LogP contribution in [0.2, 0.25) is 0 Å². The van der Waals surface area contributed by atoms with Gasteiger partial charge in [-0.25, -0.2) is 0 Å². The van der Waals surface area contributed by atoms with Crippen molar-refractivity contribution in [2.75, 3.05) is 4.90 Å². The van der Waals surface area contributed by atoms with E-state index in [1.165, 1.54) is 13.0 Å². The zero-order valence-corrected chi connectivity index (χ0v) is 17.7. The highest BCUT2D eigenvalue weighted by atomic mass is 19.3. The quantitative estimate of drug-likeness (QED) is 0.524. The molecule has 168 valence electrons. The summed E-state index contributed by atoms with van der Waals surface area (Å²) < 4.78 is 35.4. The fourth-order valence-electron chi connectivity index (χ4n) is 3.17. The Morgan fingerprint density at radius 2 is 1.59 bits per heavy atom. The summed E-state index contributed by atoms with van der Waals surface area (Å²) in [5.74, 6) is -5.18. The zero-order valence-electron chi connectivity index (χ0n) is 17.7. The van der Waals surface area contributed by atoms with Crippen molar-refractivity contribution in [3.63, 3.8) is 0 Å². The van der Waals surface area contributed by atoms with E-state index in [0.717, 1.165) is 10.5 Å². The molecule has 3 rings (SSSR count). The summed E-state index contributed by atoms with van der Waals surface area (Å²) in [6.07, 6.45) is -2.31. The third-order valence-corrected chi connectivity index (χ3v) is 4.96. The molecule has 3 N–H and O–H groups in total. The molecular formula is C25H26F2N2O3. The molecule has 0 spiro atoms. The van der Waals surface area contributed by atoms with Crippen LogP contribution in [0.5, 0.6) is 5.75 Å². The second-order valence-electron chi connectivity index (χ2n) is 7.58. The normalized spacial score (nSPS) is 13.3. The molecule has 5 nitrogen and oxygen atoms in total. The Bertz CT molecular complexity index is 1010. The van der Waals surface area contributed by atoms with Gasteiger partial charge in [-0.1, -0.05) is 66.7 Å². The van der Waals surface area contributed by atoms with Gasteiger partial charge in [0.05, 0.1) is 6.54 Å². The summed E-state index contributed by atoms with van der Waals surface area (Å²) in [5.41, 5.74) is 7.27. The van der Waals surface area contributed by atoms with Gasteiger partial charge in [0.2, 0.25) is 0 Å². The monoisotopic (exact) mass is 440 g/mol. The van der Waals surface area contributed by atoms with Crippen LogP contribution in [0.1, 0.15) is 18.1 Å². The Morgan fingerprint density at radius 1 is 1.00 bits per heavy atom. The lowest BCUT2D eigenvalue weighted by molar-refractivity contribution is -0.162. The number of anilines is 1. The number of rotatable bonds is 9. The molecule has 0 aliphatic heterocycles. The van der Waals surface area contributed by atoms with E-state index in [4.69, 9.17) is 10.5 Å². The van der Waals surface area contributed by atoms with Gasteiger partial charge < -0.3 is 20.5 Å². The highest BCUT2D eigenvalue weighted by Crippen LogP contribution is 2.30. The molecule has 0 bridgehead atoms. The zero-order chi connectivity index (χ0) is 23.1. The summed E-state index contributed by atoms with van der Waals surface area (Å²) in [6, 6.07) is 23.4. The molecule has 1 amide bonds. The SMILES string of the molecule is CC(N)C(O)C(F)(F)C(=O)N(Cc1ccccc1)c1cccc(OCc2ccccc2)c1. The standard InChI is InChI=1S/C25H26F2N2O3/c1-18(28)23(30)25(26,27)24(31)29(16-19-9-4-2-5-10-19)21-13-8-14-22(15-21)32-17-20-11-6-3-7-12-20/h2-15,18,23,30H,16-17,28H2,1H3. The van der Waals surface area contributed by atoms with Gasteiger partial charge in [0.25, 0.3) is 0 Å². The Labute approximate surface area is 186 Å². The number of aliphatic hydroxyl groups is 1. The van der Waals surface area contributed by atoms with Gasteiger partial charge in [-0.2, -0.15) is 8.78 Å². The summed E-state index contributed by atoms with van der Waals surface area (Å²) in [7, 11) is 0. The van der Waals surface area contributed by atoms with E-state index in [9.17, 15) is 18.7 Å². The molecule has 2 atom stereocenters. The summed E-state index contributed by atoms with van der Waals surface area (Å²) in [5, 5.41) is 9.90. The van der Waals surface area contributed by atoms with Crippen molar-refractivity contribution in [1.29, 1.82) is 0 Å². The molecule has 3 aromatic carbocycles. The van der Waals surface area contributed by atoms with Crippen LogP contribution in [0.3, 0.4) is 0 Å². The molecule has 32 heavy (non-hydrogen) atoms. The Morgan fingerprint density at radius 3 is 2.19 bits per heavy atom. The van der Waals surface area contributed by atoms with E-state index >= 15 is 0 Å². The maximum absolute atomic E-state index is 14.8. The maximum atomic E-state index is 14.8. The third-order valence-electron chi connectivity index (χ3n) is 4.96. The number of carbonyl (C=O) groups is 1. The Hall–Kier alpha value is -3.29. The highest BCUT2D eigenvalue weighted by molar-refractivity contribution is 5.99. The van der Waals surface area contributed by atoms with E-state index < -0.39 is 24.0 Å². The molecule has 3 aromatic rings. The average molecular weight is 440 g/mol. The Balaban J connectivity index is 1.90. The summed E-state index contributed by atoms with van der Waals surface area (Å²) >= 11 is 0. The van der Waals surface area contributed by atoms with Crippen molar-refractivity contribution in [1.82, 2.24) is 0 Å². The average Bonchev–Trinajstić information content (AvgIpc) is 2.81. The smallest absolute Gasteiger partial charge is 0.351 e. The lowest BCUT2D eigenvalue weighted by atomic mass is 10.0. The molecule has 7 heteroatoms. The van der Waals surface area contributed by atoms with Gasteiger partial charge in [-0.05, 0) is 30.2 Å². The number of alkyl halides is 2. The van der Waals surface area contributed by atoms with Crippen LogP contribution < -0.4 is 15.4 Å². The van der Waals surface area contributed by atoms with Crippen LogP contribution in [0.25, 0.3) is 0 Å². The van der Waals surface area contributed by atoms with Crippen LogP contribution in [-0.2, 0) is 17.9 Å². The largest absolute Gasteiger partial charge is 0.489 e. The molecule has 0 aromatic heterocycles. The maximum Gasteiger partial charge on any atom is 0.351 e. The van der Waals surface area contributed by atoms with Gasteiger partial charge in [0.15, 0.2) is 0 Å². The number of halogens is 2. The number of benzene rings is 3. The minimum atomic E-state index is -4.07. The fraction of sp³-hybridized carbons (Fsp3) is 0.240. The number of amides is 1. The number of carbonyl (C=O) groups excluding carboxylic acids is 1. The number of nitrogens with zero attached hydrogens (tertiary/aromatic N) is 1. The first-order chi connectivity index (χ1) is 15.3. The van der Waals surface area contributed by atoms with Crippen LogP contribution in [0.4, 0.5) is 14.5 Å². The van der Waals surface area contributed by atoms with Gasteiger partial charge in [-0.15, -0.1) is 0 Å². The van der Waals surface area contributed by atoms with Crippen molar-refractivity contribution < 1.29 is 23.4 Å². The minimum absolute atomic E-state index is 0.108. The summed E-state index contributed by atoms with van der Waals surface area (Å²) in [4.78, 5) is 13.9. The van der Waals surface area contributed by atoms with E-state index in [2.05, 4.69) is 0 Å². The molecule has 0 saturated carbocycles. The van der Waals surface area contributed by atoms with Crippen molar-refractivity contribution >= 4 is 11.6 Å². The predicted octanol–water partition coefficient (Wildman–Crippen LogP) is 4.14. The number of ether oxygens (including phenoxy) is 1. The van der Waals surface area contributed by atoms with Crippen molar-refractivity contribution in [3.8, 4) is 5.75 Å². The number of nitrogens with two attached hydrogens (primary N) is 1. The number of hydrogen-bond donors (Lipinski definition) is 2.